The molecule has 0 saturated heterocycles. The van der Waals surface area contributed by atoms with Crippen LogP contribution in [-0.2, 0) is 0 Å². The van der Waals surface area contributed by atoms with Crippen molar-refractivity contribution in [3.05, 3.63) is 0 Å². The fraction of sp³-hybridized carbons (Fsp3) is 1.00. The van der Waals surface area contributed by atoms with Gasteiger partial charge in [-0.1, -0.05) is 73.6 Å². The zero-order valence-electron chi connectivity index (χ0n) is 11.3. The van der Waals surface area contributed by atoms with Crippen LogP contribution in [0.2, 0.25) is 0 Å². The van der Waals surface area contributed by atoms with Gasteiger partial charge in [0.15, 0.2) is 0 Å². The largest absolute Gasteiger partial charge is 0.0776 e. The lowest BCUT2D eigenvalue weighted by Gasteiger charge is -2.41. The second-order valence-electron chi connectivity index (χ2n) is 5.80. The molecule has 0 amide bonds. The van der Waals surface area contributed by atoms with Crippen molar-refractivity contribution in [3.8, 4) is 0 Å². The lowest BCUT2D eigenvalue weighted by Crippen LogP contribution is -2.32. The Bertz CT molecular complexity index is 157. The molecule has 0 aromatic carbocycles. The van der Waals surface area contributed by atoms with Gasteiger partial charge in [-0.2, -0.15) is 0 Å². The van der Waals surface area contributed by atoms with Gasteiger partial charge >= 0.3 is 0 Å². The van der Waals surface area contributed by atoms with E-state index in [4.69, 9.17) is 0 Å². The molecule has 0 spiro atoms. The molecule has 0 aromatic rings. The summed E-state index contributed by atoms with van der Waals surface area (Å²) in [6.07, 6.45) is 10.2. The van der Waals surface area contributed by atoms with E-state index in [2.05, 4.69) is 27.7 Å². The maximum absolute atomic E-state index is 2.44. The standard InChI is InChI=1S/C15H30.CH4/c1-5-14(6-2)9-7-8-10-15-11-12(3)13(15)4;/h12-15H,5-11H2,1-4H3;1H4. The maximum atomic E-state index is 2.44. The molecule has 16 heavy (non-hydrogen) atoms. The van der Waals surface area contributed by atoms with Crippen LogP contribution >= 0.6 is 0 Å². The summed E-state index contributed by atoms with van der Waals surface area (Å²) in [5.74, 6) is 4.09. The molecular formula is C16H34. The molecule has 1 fully saturated rings. The van der Waals surface area contributed by atoms with Crippen LogP contribution < -0.4 is 0 Å². The van der Waals surface area contributed by atoms with Crippen LogP contribution in [0.25, 0.3) is 0 Å². The van der Waals surface area contributed by atoms with Gasteiger partial charge < -0.3 is 0 Å². The van der Waals surface area contributed by atoms with E-state index in [1.54, 1.807) is 0 Å². The van der Waals surface area contributed by atoms with Crippen molar-refractivity contribution in [2.75, 3.05) is 0 Å². The first-order chi connectivity index (χ1) is 7.19. The predicted octanol–water partition coefficient (Wildman–Crippen LogP) is 5.91. The van der Waals surface area contributed by atoms with Gasteiger partial charge in [-0.15, -0.1) is 0 Å². The molecule has 3 unspecified atom stereocenters. The van der Waals surface area contributed by atoms with Gasteiger partial charge in [0, 0.05) is 0 Å². The summed E-state index contributed by atoms with van der Waals surface area (Å²) in [5.41, 5.74) is 0. The third kappa shape index (κ3) is 4.47. The summed E-state index contributed by atoms with van der Waals surface area (Å²) in [6, 6.07) is 0. The minimum Gasteiger partial charge on any atom is -0.0776 e. The van der Waals surface area contributed by atoms with Crippen LogP contribution in [0.15, 0.2) is 0 Å². The molecule has 0 radical (unpaired) electrons. The highest BCUT2D eigenvalue weighted by atomic mass is 14.4. The van der Waals surface area contributed by atoms with E-state index in [0.717, 1.165) is 23.7 Å². The van der Waals surface area contributed by atoms with Crippen molar-refractivity contribution in [2.45, 2.75) is 80.1 Å². The molecule has 0 bridgehead atoms. The van der Waals surface area contributed by atoms with E-state index >= 15 is 0 Å². The van der Waals surface area contributed by atoms with E-state index in [9.17, 15) is 0 Å². The minimum absolute atomic E-state index is 0. The van der Waals surface area contributed by atoms with Gasteiger partial charge in [0.2, 0.25) is 0 Å². The lowest BCUT2D eigenvalue weighted by molar-refractivity contribution is 0.0920. The van der Waals surface area contributed by atoms with Crippen LogP contribution in [0.1, 0.15) is 80.1 Å². The molecule has 0 heteroatoms. The van der Waals surface area contributed by atoms with E-state index in [-0.39, 0.29) is 7.43 Å². The Morgan fingerprint density at radius 2 is 1.69 bits per heavy atom. The Kier molecular flexibility index (Phi) is 8.14. The van der Waals surface area contributed by atoms with Crippen molar-refractivity contribution in [2.24, 2.45) is 23.7 Å². The lowest BCUT2D eigenvalue weighted by atomic mass is 9.65. The third-order valence-corrected chi connectivity index (χ3v) is 4.91. The van der Waals surface area contributed by atoms with Gasteiger partial charge in [0.05, 0.1) is 0 Å². The quantitative estimate of drug-likeness (QED) is 0.473. The zero-order chi connectivity index (χ0) is 11.3. The molecule has 1 rings (SSSR count). The van der Waals surface area contributed by atoms with Crippen LogP contribution in [0.3, 0.4) is 0 Å². The number of hydrogen-bond acceptors (Lipinski definition) is 0. The normalized spacial score (nSPS) is 28.7. The highest BCUT2D eigenvalue weighted by molar-refractivity contribution is 4.83. The molecular weight excluding hydrogens is 192 g/mol. The van der Waals surface area contributed by atoms with E-state index in [1.165, 1.54) is 44.9 Å². The van der Waals surface area contributed by atoms with Crippen molar-refractivity contribution in [3.63, 3.8) is 0 Å². The fourth-order valence-electron chi connectivity index (χ4n) is 3.09. The zero-order valence-corrected chi connectivity index (χ0v) is 11.3. The highest BCUT2D eigenvalue weighted by Crippen LogP contribution is 2.42. The number of unbranched alkanes of at least 4 members (excludes halogenated alkanes) is 1. The molecule has 0 nitrogen and oxygen atoms in total. The first kappa shape index (κ1) is 16.0. The molecule has 1 aliphatic carbocycles. The van der Waals surface area contributed by atoms with Gasteiger partial charge in [0.25, 0.3) is 0 Å². The second kappa shape index (κ2) is 8.14. The van der Waals surface area contributed by atoms with Crippen LogP contribution in [0.4, 0.5) is 0 Å². The molecule has 0 aromatic heterocycles. The minimum atomic E-state index is 0. The summed E-state index contributed by atoms with van der Waals surface area (Å²) < 4.78 is 0. The summed E-state index contributed by atoms with van der Waals surface area (Å²) in [7, 11) is 0. The topological polar surface area (TPSA) is 0 Å². The summed E-state index contributed by atoms with van der Waals surface area (Å²) in [5, 5.41) is 0. The Balaban J connectivity index is 0.00000225. The van der Waals surface area contributed by atoms with Crippen LogP contribution in [0.5, 0.6) is 0 Å². The van der Waals surface area contributed by atoms with E-state index in [0.29, 0.717) is 0 Å². The molecule has 98 valence electrons. The molecule has 1 saturated carbocycles. The average Bonchev–Trinajstić information content (AvgIpc) is 2.27. The van der Waals surface area contributed by atoms with Gasteiger partial charge in [-0.05, 0) is 30.1 Å². The predicted molar refractivity (Wildman–Crippen MR) is 75.7 cm³/mol. The highest BCUT2D eigenvalue weighted by Gasteiger charge is 2.33. The van der Waals surface area contributed by atoms with Gasteiger partial charge in [-0.25, -0.2) is 0 Å². The smallest absolute Gasteiger partial charge is 0.0383 e. The van der Waals surface area contributed by atoms with Crippen molar-refractivity contribution in [1.29, 1.82) is 0 Å². The van der Waals surface area contributed by atoms with Crippen LogP contribution in [0, 0.1) is 23.7 Å². The first-order valence-corrected chi connectivity index (χ1v) is 7.19. The summed E-state index contributed by atoms with van der Waals surface area (Å²) >= 11 is 0. The van der Waals surface area contributed by atoms with E-state index in [1.807, 2.05) is 0 Å². The maximum Gasteiger partial charge on any atom is -0.0383 e. The summed E-state index contributed by atoms with van der Waals surface area (Å²) in [4.78, 5) is 0. The third-order valence-electron chi connectivity index (χ3n) is 4.91. The summed E-state index contributed by atoms with van der Waals surface area (Å²) in [6.45, 7) is 9.53. The fourth-order valence-corrected chi connectivity index (χ4v) is 3.09. The second-order valence-corrected chi connectivity index (χ2v) is 5.80. The molecule has 0 heterocycles. The monoisotopic (exact) mass is 226 g/mol. The Morgan fingerprint density at radius 3 is 2.12 bits per heavy atom. The Labute approximate surface area is 104 Å². The SMILES string of the molecule is C.CCC(CC)CCCCC1CC(C)C1C. The van der Waals surface area contributed by atoms with Crippen molar-refractivity contribution >= 4 is 0 Å². The average molecular weight is 226 g/mol. The first-order valence-electron chi connectivity index (χ1n) is 7.19. The molecule has 3 atom stereocenters. The Morgan fingerprint density at radius 1 is 1.06 bits per heavy atom. The van der Waals surface area contributed by atoms with Crippen molar-refractivity contribution < 1.29 is 0 Å². The van der Waals surface area contributed by atoms with Gasteiger partial charge in [-0.3, -0.25) is 0 Å². The number of rotatable bonds is 7. The molecule has 1 aliphatic rings. The van der Waals surface area contributed by atoms with E-state index < -0.39 is 0 Å². The molecule has 0 aliphatic heterocycles. The Hall–Kier alpha value is 0. The van der Waals surface area contributed by atoms with Gasteiger partial charge in [0.1, 0.15) is 0 Å². The van der Waals surface area contributed by atoms with Crippen LogP contribution in [-0.4, -0.2) is 0 Å². The number of hydrogen-bond donors (Lipinski definition) is 0. The van der Waals surface area contributed by atoms with Crippen molar-refractivity contribution in [1.82, 2.24) is 0 Å². The molecule has 0 N–H and O–H groups in total.